The van der Waals surface area contributed by atoms with Gasteiger partial charge in [-0.3, -0.25) is 4.79 Å². The number of carbonyl (C=O) groups is 1. The molecule has 0 spiro atoms. The molecule has 0 saturated heterocycles. The molecule has 126 valence electrons. The smallest absolute Gasteiger partial charge is 0.387 e. The fourth-order valence-corrected chi connectivity index (χ4v) is 2.94. The van der Waals surface area contributed by atoms with E-state index >= 15 is 0 Å². The van der Waals surface area contributed by atoms with Crippen LogP contribution in [0.25, 0.3) is 0 Å². The second kappa shape index (κ2) is 6.69. The second-order valence-corrected chi connectivity index (χ2v) is 6.81. The van der Waals surface area contributed by atoms with Gasteiger partial charge in [-0.05, 0) is 42.9 Å². The highest BCUT2D eigenvalue weighted by Gasteiger charge is 2.60. The highest BCUT2D eigenvalue weighted by Crippen LogP contribution is 2.59. The van der Waals surface area contributed by atoms with Crippen LogP contribution in [0.4, 0.5) is 8.78 Å². The molecule has 0 radical (unpaired) electrons. The Hall–Kier alpha value is -1.91. The number of hydrogen-bond acceptors (Lipinski definition) is 2. The number of hydrogen-bond donors (Lipinski definition) is 1. The van der Waals surface area contributed by atoms with Crippen LogP contribution in [0.1, 0.15) is 33.3 Å². The fourth-order valence-electron chi connectivity index (χ4n) is 2.94. The standard InChI is InChI=1S/C18H23F2NO2/c1-11(2)9-14-15(18(14,3)4)16(22)21-10-12-5-7-13(8-6-12)23-17(19)20/h5-9,14-15,17H,10H2,1-4H3,(H,21,22)/t14-,15-/m0/s1. The normalized spacial score (nSPS) is 21.7. The first kappa shape index (κ1) is 17.4. The molecule has 1 amide bonds. The van der Waals surface area contributed by atoms with Crippen molar-refractivity contribution in [3.63, 3.8) is 0 Å². The Balaban J connectivity index is 1.89. The molecule has 0 heterocycles. The van der Waals surface area contributed by atoms with Gasteiger partial charge in [-0.1, -0.05) is 37.6 Å². The number of halogens is 2. The van der Waals surface area contributed by atoms with Gasteiger partial charge in [0.25, 0.3) is 0 Å². The molecule has 23 heavy (non-hydrogen) atoms. The number of ether oxygens (including phenoxy) is 1. The summed E-state index contributed by atoms with van der Waals surface area (Å²) in [5.41, 5.74) is 2.04. The zero-order valence-corrected chi connectivity index (χ0v) is 13.9. The largest absolute Gasteiger partial charge is 0.435 e. The van der Waals surface area contributed by atoms with E-state index in [9.17, 15) is 13.6 Å². The van der Waals surface area contributed by atoms with Crippen LogP contribution in [0, 0.1) is 17.3 Å². The number of amides is 1. The van der Waals surface area contributed by atoms with Crippen LogP contribution in [0.15, 0.2) is 35.9 Å². The predicted octanol–water partition coefficient (Wildman–Crippen LogP) is 4.14. The van der Waals surface area contributed by atoms with Crippen molar-refractivity contribution in [1.82, 2.24) is 5.32 Å². The first-order valence-corrected chi connectivity index (χ1v) is 7.68. The van der Waals surface area contributed by atoms with Crippen LogP contribution in [0.5, 0.6) is 5.75 Å². The zero-order chi connectivity index (χ0) is 17.2. The summed E-state index contributed by atoms with van der Waals surface area (Å²) in [6, 6.07) is 6.29. The summed E-state index contributed by atoms with van der Waals surface area (Å²) in [6.45, 7) is 5.81. The number of carbonyl (C=O) groups excluding carboxylic acids is 1. The van der Waals surface area contributed by atoms with E-state index in [1.807, 2.05) is 13.8 Å². The zero-order valence-electron chi connectivity index (χ0n) is 13.9. The maximum Gasteiger partial charge on any atom is 0.387 e. The van der Waals surface area contributed by atoms with Crippen molar-refractivity contribution in [3.05, 3.63) is 41.5 Å². The quantitative estimate of drug-likeness (QED) is 0.799. The van der Waals surface area contributed by atoms with E-state index in [4.69, 9.17) is 0 Å². The molecule has 1 aromatic rings. The SMILES string of the molecule is CC(C)=C[C@H]1[C@@H](C(=O)NCc2ccc(OC(F)F)cc2)C1(C)C. The minimum Gasteiger partial charge on any atom is -0.435 e. The summed E-state index contributed by atoms with van der Waals surface area (Å²) >= 11 is 0. The van der Waals surface area contributed by atoms with Crippen molar-refractivity contribution >= 4 is 5.91 Å². The lowest BCUT2D eigenvalue weighted by molar-refractivity contribution is -0.123. The number of alkyl halides is 2. The molecule has 1 aliphatic rings. The van der Waals surface area contributed by atoms with Crippen molar-refractivity contribution in [2.75, 3.05) is 0 Å². The Bertz CT molecular complexity index is 590. The van der Waals surface area contributed by atoms with Gasteiger partial charge in [0.15, 0.2) is 0 Å². The molecular formula is C18H23F2NO2. The number of benzene rings is 1. The van der Waals surface area contributed by atoms with Gasteiger partial charge >= 0.3 is 6.61 Å². The monoisotopic (exact) mass is 323 g/mol. The molecule has 1 aliphatic carbocycles. The Kier molecular flexibility index (Phi) is 5.07. The molecule has 2 rings (SSSR count). The average Bonchev–Trinajstić information content (AvgIpc) is 2.97. The highest BCUT2D eigenvalue weighted by molar-refractivity contribution is 5.83. The van der Waals surface area contributed by atoms with Crippen molar-refractivity contribution in [2.45, 2.75) is 40.9 Å². The molecule has 5 heteroatoms. The van der Waals surface area contributed by atoms with Gasteiger partial charge in [0.2, 0.25) is 5.91 Å². The van der Waals surface area contributed by atoms with E-state index in [0.717, 1.165) is 5.56 Å². The van der Waals surface area contributed by atoms with E-state index in [0.29, 0.717) is 6.54 Å². The molecular weight excluding hydrogens is 300 g/mol. The minimum absolute atomic E-state index is 0.0150. The van der Waals surface area contributed by atoms with Gasteiger partial charge in [0.05, 0.1) is 5.92 Å². The Morgan fingerprint density at radius 3 is 2.43 bits per heavy atom. The Morgan fingerprint density at radius 1 is 1.30 bits per heavy atom. The lowest BCUT2D eigenvalue weighted by atomic mass is 10.1. The van der Waals surface area contributed by atoms with Crippen molar-refractivity contribution < 1.29 is 18.3 Å². The summed E-state index contributed by atoms with van der Waals surface area (Å²) in [7, 11) is 0. The molecule has 2 atom stereocenters. The van der Waals surface area contributed by atoms with Gasteiger partial charge in [0.1, 0.15) is 5.75 Å². The lowest BCUT2D eigenvalue weighted by Gasteiger charge is -2.08. The summed E-state index contributed by atoms with van der Waals surface area (Å²) < 4.78 is 28.5. The summed E-state index contributed by atoms with van der Waals surface area (Å²) in [4.78, 5) is 12.3. The molecule has 1 N–H and O–H groups in total. The third kappa shape index (κ3) is 4.30. The Morgan fingerprint density at radius 2 is 1.91 bits per heavy atom. The van der Waals surface area contributed by atoms with E-state index in [2.05, 4.69) is 30.0 Å². The van der Waals surface area contributed by atoms with E-state index in [1.165, 1.54) is 17.7 Å². The van der Waals surface area contributed by atoms with Crippen molar-refractivity contribution in [3.8, 4) is 5.75 Å². The maximum absolute atomic E-state index is 12.3. The van der Waals surface area contributed by atoms with Crippen LogP contribution >= 0.6 is 0 Å². The highest BCUT2D eigenvalue weighted by atomic mass is 19.3. The third-order valence-corrected chi connectivity index (χ3v) is 4.32. The lowest BCUT2D eigenvalue weighted by Crippen LogP contribution is -2.26. The van der Waals surface area contributed by atoms with E-state index in [-0.39, 0.29) is 28.9 Å². The Labute approximate surface area is 135 Å². The van der Waals surface area contributed by atoms with Crippen LogP contribution < -0.4 is 10.1 Å². The summed E-state index contributed by atoms with van der Waals surface area (Å²) in [5.74, 6) is 0.403. The molecule has 0 bridgehead atoms. The van der Waals surface area contributed by atoms with Crippen molar-refractivity contribution in [2.24, 2.45) is 17.3 Å². The van der Waals surface area contributed by atoms with Gasteiger partial charge in [0, 0.05) is 6.54 Å². The number of rotatable bonds is 6. The fraction of sp³-hybridized carbons (Fsp3) is 0.500. The first-order valence-electron chi connectivity index (χ1n) is 7.68. The second-order valence-electron chi connectivity index (χ2n) is 6.81. The molecule has 1 fully saturated rings. The third-order valence-electron chi connectivity index (χ3n) is 4.32. The molecule has 0 aliphatic heterocycles. The summed E-state index contributed by atoms with van der Waals surface area (Å²) in [5, 5.41) is 2.92. The molecule has 0 unspecified atom stereocenters. The maximum atomic E-state index is 12.3. The van der Waals surface area contributed by atoms with E-state index < -0.39 is 6.61 Å². The van der Waals surface area contributed by atoms with Gasteiger partial charge in [-0.25, -0.2) is 0 Å². The topological polar surface area (TPSA) is 38.3 Å². The summed E-state index contributed by atoms with van der Waals surface area (Å²) in [6.07, 6.45) is 2.15. The van der Waals surface area contributed by atoms with Crippen LogP contribution in [-0.4, -0.2) is 12.5 Å². The molecule has 0 aromatic heterocycles. The predicted molar refractivity (Wildman–Crippen MR) is 85.1 cm³/mol. The van der Waals surface area contributed by atoms with Crippen LogP contribution in [0.3, 0.4) is 0 Å². The first-order chi connectivity index (χ1) is 10.7. The molecule has 1 aromatic carbocycles. The average molecular weight is 323 g/mol. The van der Waals surface area contributed by atoms with Gasteiger partial charge in [-0.2, -0.15) is 8.78 Å². The molecule has 1 saturated carbocycles. The number of allylic oxidation sites excluding steroid dienone is 2. The minimum atomic E-state index is -2.83. The number of nitrogens with one attached hydrogen (secondary N) is 1. The van der Waals surface area contributed by atoms with Crippen LogP contribution in [-0.2, 0) is 11.3 Å². The van der Waals surface area contributed by atoms with E-state index in [1.54, 1.807) is 12.1 Å². The van der Waals surface area contributed by atoms with Gasteiger partial charge in [-0.15, -0.1) is 0 Å². The van der Waals surface area contributed by atoms with Gasteiger partial charge < -0.3 is 10.1 Å². The van der Waals surface area contributed by atoms with Crippen molar-refractivity contribution in [1.29, 1.82) is 0 Å². The van der Waals surface area contributed by atoms with Crippen LogP contribution in [0.2, 0.25) is 0 Å². The molecule has 3 nitrogen and oxygen atoms in total.